The van der Waals surface area contributed by atoms with E-state index in [1.54, 1.807) is 20.0 Å². The summed E-state index contributed by atoms with van der Waals surface area (Å²) < 4.78 is 35.7. The van der Waals surface area contributed by atoms with Gasteiger partial charge in [-0.25, -0.2) is 9.97 Å². The predicted octanol–water partition coefficient (Wildman–Crippen LogP) is 2.19. The lowest BCUT2D eigenvalue weighted by atomic mass is 10.4. The second-order valence-electron chi connectivity index (χ2n) is 3.23. The van der Waals surface area contributed by atoms with Gasteiger partial charge in [0.25, 0.3) is 0 Å². The third-order valence-electron chi connectivity index (χ3n) is 1.81. The van der Waals surface area contributed by atoms with E-state index in [0.29, 0.717) is 17.5 Å². The fourth-order valence-corrected chi connectivity index (χ4v) is 1.12. The molecule has 0 aliphatic heterocycles. The molecule has 2 N–H and O–H groups in total. The van der Waals surface area contributed by atoms with Crippen LogP contribution in [-0.2, 0) is 0 Å². The van der Waals surface area contributed by atoms with Gasteiger partial charge in [-0.15, -0.1) is 0 Å². The fourth-order valence-electron chi connectivity index (χ4n) is 1.12. The van der Waals surface area contributed by atoms with Gasteiger partial charge in [0.05, 0.1) is 6.42 Å². The first kappa shape index (κ1) is 12.5. The van der Waals surface area contributed by atoms with Gasteiger partial charge < -0.3 is 10.6 Å². The van der Waals surface area contributed by atoms with Gasteiger partial charge in [0.1, 0.15) is 17.5 Å². The standard InChI is InChI=1S/C9H13F3N4/c1-6-15-7(13-2)5-8(16-6)14-4-3-9(10,11)12/h5H,3-4H2,1-2H3,(H2,13,14,15,16). The molecule has 0 saturated carbocycles. The van der Waals surface area contributed by atoms with E-state index in [2.05, 4.69) is 20.6 Å². The molecule has 0 aliphatic rings. The van der Waals surface area contributed by atoms with E-state index in [0.717, 1.165) is 0 Å². The van der Waals surface area contributed by atoms with Crippen LogP contribution in [0.1, 0.15) is 12.2 Å². The number of anilines is 2. The van der Waals surface area contributed by atoms with Crippen LogP contribution in [0.15, 0.2) is 6.07 Å². The van der Waals surface area contributed by atoms with Gasteiger partial charge >= 0.3 is 6.18 Å². The van der Waals surface area contributed by atoms with Crippen LogP contribution in [0.25, 0.3) is 0 Å². The minimum absolute atomic E-state index is 0.191. The quantitative estimate of drug-likeness (QED) is 0.838. The first-order valence-corrected chi connectivity index (χ1v) is 4.75. The maximum absolute atomic E-state index is 11.9. The summed E-state index contributed by atoms with van der Waals surface area (Å²) in [7, 11) is 1.68. The second-order valence-corrected chi connectivity index (χ2v) is 3.23. The molecule has 0 spiro atoms. The third kappa shape index (κ3) is 4.33. The molecule has 90 valence electrons. The molecule has 0 aliphatic carbocycles. The number of hydrogen-bond acceptors (Lipinski definition) is 4. The molecular formula is C9H13F3N4. The highest BCUT2D eigenvalue weighted by Gasteiger charge is 2.26. The summed E-state index contributed by atoms with van der Waals surface area (Å²) in [5.74, 6) is 1.46. The van der Waals surface area contributed by atoms with Crippen molar-refractivity contribution in [3.05, 3.63) is 11.9 Å². The van der Waals surface area contributed by atoms with Crippen LogP contribution < -0.4 is 10.6 Å². The molecule has 0 atom stereocenters. The normalized spacial score (nSPS) is 11.3. The van der Waals surface area contributed by atoms with Crippen LogP contribution in [-0.4, -0.2) is 29.7 Å². The van der Waals surface area contributed by atoms with E-state index in [9.17, 15) is 13.2 Å². The average molecular weight is 234 g/mol. The van der Waals surface area contributed by atoms with Crippen molar-refractivity contribution in [2.24, 2.45) is 0 Å². The van der Waals surface area contributed by atoms with Crippen molar-refractivity contribution in [3.8, 4) is 0 Å². The molecule has 0 aromatic carbocycles. The van der Waals surface area contributed by atoms with Gasteiger partial charge in [0.15, 0.2) is 0 Å². The largest absolute Gasteiger partial charge is 0.390 e. The number of nitrogens with zero attached hydrogens (tertiary/aromatic N) is 2. The van der Waals surface area contributed by atoms with Crippen molar-refractivity contribution in [2.45, 2.75) is 19.5 Å². The lowest BCUT2D eigenvalue weighted by Gasteiger charge is -2.09. The Labute approximate surface area is 91.3 Å². The Balaban J connectivity index is 2.57. The number of aromatic nitrogens is 2. The molecule has 0 unspecified atom stereocenters. The Bertz CT molecular complexity index is 351. The lowest BCUT2D eigenvalue weighted by molar-refractivity contribution is -0.131. The van der Waals surface area contributed by atoms with Crippen molar-refractivity contribution >= 4 is 11.6 Å². The smallest absolute Gasteiger partial charge is 0.373 e. The highest BCUT2D eigenvalue weighted by atomic mass is 19.4. The predicted molar refractivity (Wildman–Crippen MR) is 55.5 cm³/mol. The number of halogens is 3. The van der Waals surface area contributed by atoms with Crippen LogP contribution in [0, 0.1) is 6.92 Å². The number of alkyl halides is 3. The first-order valence-electron chi connectivity index (χ1n) is 4.75. The summed E-state index contributed by atoms with van der Waals surface area (Å²) in [5, 5.41) is 5.41. The molecule has 0 fully saturated rings. The van der Waals surface area contributed by atoms with E-state index in [1.807, 2.05) is 0 Å². The molecular weight excluding hydrogens is 221 g/mol. The van der Waals surface area contributed by atoms with E-state index < -0.39 is 12.6 Å². The van der Waals surface area contributed by atoms with Gasteiger partial charge in [-0.1, -0.05) is 0 Å². The Morgan fingerprint density at radius 3 is 2.44 bits per heavy atom. The van der Waals surface area contributed by atoms with Crippen molar-refractivity contribution in [1.29, 1.82) is 0 Å². The monoisotopic (exact) mass is 234 g/mol. The molecule has 0 amide bonds. The zero-order valence-corrected chi connectivity index (χ0v) is 9.02. The summed E-state index contributed by atoms with van der Waals surface area (Å²) in [5.41, 5.74) is 0. The SMILES string of the molecule is CNc1cc(NCCC(F)(F)F)nc(C)n1. The molecule has 1 aromatic heterocycles. The van der Waals surface area contributed by atoms with E-state index in [1.165, 1.54) is 0 Å². The van der Waals surface area contributed by atoms with Crippen molar-refractivity contribution in [1.82, 2.24) is 9.97 Å². The van der Waals surface area contributed by atoms with Gasteiger partial charge in [0, 0.05) is 19.7 Å². The Hall–Kier alpha value is -1.53. The number of rotatable bonds is 4. The van der Waals surface area contributed by atoms with Gasteiger partial charge in [-0.2, -0.15) is 13.2 Å². The maximum Gasteiger partial charge on any atom is 0.390 e. The van der Waals surface area contributed by atoms with E-state index in [-0.39, 0.29) is 6.54 Å². The summed E-state index contributed by atoms with van der Waals surface area (Å²) in [6.07, 6.45) is -5.04. The molecule has 0 saturated heterocycles. The minimum Gasteiger partial charge on any atom is -0.373 e. The molecule has 7 heteroatoms. The molecule has 1 heterocycles. The Morgan fingerprint density at radius 2 is 1.88 bits per heavy atom. The minimum atomic E-state index is -4.15. The summed E-state index contributed by atoms with van der Waals surface area (Å²) in [6.45, 7) is 1.49. The molecule has 16 heavy (non-hydrogen) atoms. The highest BCUT2D eigenvalue weighted by molar-refractivity contribution is 5.46. The highest BCUT2D eigenvalue weighted by Crippen LogP contribution is 2.19. The van der Waals surface area contributed by atoms with Crippen LogP contribution in [0.5, 0.6) is 0 Å². The van der Waals surface area contributed by atoms with Crippen LogP contribution in [0.4, 0.5) is 24.8 Å². The Morgan fingerprint density at radius 1 is 1.25 bits per heavy atom. The topological polar surface area (TPSA) is 49.8 Å². The van der Waals surface area contributed by atoms with Gasteiger partial charge in [0.2, 0.25) is 0 Å². The van der Waals surface area contributed by atoms with Gasteiger partial charge in [-0.3, -0.25) is 0 Å². The average Bonchev–Trinajstić information content (AvgIpc) is 2.14. The number of nitrogens with one attached hydrogen (secondary N) is 2. The van der Waals surface area contributed by atoms with E-state index >= 15 is 0 Å². The Kier molecular flexibility index (Phi) is 3.92. The molecule has 0 radical (unpaired) electrons. The zero-order valence-electron chi connectivity index (χ0n) is 9.02. The molecule has 1 aromatic rings. The van der Waals surface area contributed by atoms with Crippen molar-refractivity contribution in [3.63, 3.8) is 0 Å². The lowest BCUT2D eigenvalue weighted by Crippen LogP contribution is -2.15. The first-order chi connectivity index (χ1) is 7.40. The van der Waals surface area contributed by atoms with Gasteiger partial charge in [-0.05, 0) is 6.92 Å². The maximum atomic E-state index is 11.9. The number of aryl methyl sites for hydroxylation is 1. The third-order valence-corrected chi connectivity index (χ3v) is 1.81. The zero-order chi connectivity index (χ0) is 12.2. The van der Waals surface area contributed by atoms with E-state index in [4.69, 9.17) is 0 Å². The molecule has 0 bridgehead atoms. The summed E-state index contributed by atoms with van der Waals surface area (Å²) >= 11 is 0. The summed E-state index contributed by atoms with van der Waals surface area (Å²) in [4.78, 5) is 8.00. The molecule has 1 rings (SSSR count). The second kappa shape index (κ2) is 5.00. The van der Waals surface area contributed by atoms with Crippen LogP contribution >= 0.6 is 0 Å². The number of hydrogen-bond donors (Lipinski definition) is 2. The summed E-state index contributed by atoms with van der Waals surface area (Å²) in [6, 6.07) is 1.56. The van der Waals surface area contributed by atoms with Crippen molar-refractivity contribution < 1.29 is 13.2 Å². The van der Waals surface area contributed by atoms with Crippen molar-refractivity contribution in [2.75, 3.05) is 24.2 Å². The fraction of sp³-hybridized carbons (Fsp3) is 0.556. The van der Waals surface area contributed by atoms with Crippen LogP contribution in [0.2, 0.25) is 0 Å². The molecule has 4 nitrogen and oxygen atoms in total. The van der Waals surface area contributed by atoms with Crippen LogP contribution in [0.3, 0.4) is 0 Å².